The molecule has 2 heteroatoms. The Kier molecular flexibility index (Phi) is 2.37. The van der Waals surface area contributed by atoms with Gasteiger partial charge in [-0.15, -0.1) is 0 Å². The van der Waals surface area contributed by atoms with Crippen molar-refractivity contribution in [2.45, 2.75) is 45.7 Å². The van der Waals surface area contributed by atoms with Crippen molar-refractivity contribution < 1.29 is 4.74 Å². The van der Waals surface area contributed by atoms with Gasteiger partial charge in [-0.3, -0.25) is 4.90 Å². The van der Waals surface area contributed by atoms with E-state index in [0.29, 0.717) is 5.41 Å². The zero-order chi connectivity index (χ0) is 9.47. The molecule has 0 aliphatic carbocycles. The van der Waals surface area contributed by atoms with Crippen molar-refractivity contribution >= 4 is 0 Å². The molecule has 0 bridgehead atoms. The van der Waals surface area contributed by atoms with E-state index in [2.05, 4.69) is 25.7 Å². The summed E-state index contributed by atoms with van der Waals surface area (Å²) in [5, 5.41) is 0. The van der Waals surface area contributed by atoms with Crippen molar-refractivity contribution in [3.05, 3.63) is 0 Å². The summed E-state index contributed by atoms with van der Waals surface area (Å²) in [7, 11) is 0. The predicted octanol–water partition coefficient (Wildman–Crippen LogP) is 1.90. The van der Waals surface area contributed by atoms with Gasteiger partial charge in [-0.2, -0.15) is 0 Å². The molecule has 0 aromatic heterocycles. The van der Waals surface area contributed by atoms with Gasteiger partial charge in [0.25, 0.3) is 0 Å². The molecule has 0 saturated carbocycles. The summed E-state index contributed by atoms with van der Waals surface area (Å²) in [4.78, 5) is 2.63. The molecule has 2 aliphatic rings. The molecule has 2 aliphatic heterocycles. The van der Waals surface area contributed by atoms with Crippen LogP contribution in [0.3, 0.4) is 0 Å². The first-order chi connectivity index (χ1) is 6.06. The van der Waals surface area contributed by atoms with Crippen LogP contribution in [0.25, 0.3) is 0 Å². The van der Waals surface area contributed by atoms with Gasteiger partial charge in [0.1, 0.15) is 0 Å². The van der Waals surface area contributed by atoms with E-state index >= 15 is 0 Å². The minimum absolute atomic E-state index is 0.480. The molecule has 0 N–H and O–H groups in total. The predicted molar refractivity (Wildman–Crippen MR) is 53.8 cm³/mol. The number of hydrogen-bond donors (Lipinski definition) is 0. The van der Waals surface area contributed by atoms with Gasteiger partial charge in [-0.05, 0) is 18.3 Å². The first-order valence-electron chi connectivity index (χ1n) is 5.40. The van der Waals surface area contributed by atoms with E-state index in [1.807, 2.05) is 0 Å². The number of rotatable bonds is 2. The van der Waals surface area contributed by atoms with E-state index in [4.69, 9.17) is 4.74 Å². The highest BCUT2D eigenvalue weighted by molar-refractivity contribution is 4.92. The highest BCUT2D eigenvalue weighted by atomic mass is 16.5. The molecule has 2 heterocycles. The summed E-state index contributed by atoms with van der Waals surface area (Å²) < 4.78 is 5.23. The monoisotopic (exact) mass is 183 g/mol. The quantitative estimate of drug-likeness (QED) is 0.648. The van der Waals surface area contributed by atoms with Gasteiger partial charge >= 0.3 is 0 Å². The van der Waals surface area contributed by atoms with Crippen LogP contribution in [0.5, 0.6) is 0 Å². The summed E-state index contributed by atoms with van der Waals surface area (Å²) in [6.45, 7) is 10.2. The maximum Gasteiger partial charge on any atom is 0.0645 e. The molecule has 0 amide bonds. The molecule has 76 valence electrons. The maximum absolute atomic E-state index is 5.23. The van der Waals surface area contributed by atoms with Crippen molar-refractivity contribution in [2.75, 3.05) is 19.8 Å². The van der Waals surface area contributed by atoms with E-state index in [1.165, 1.54) is 19.4 Å². The van der Waals surface area contributed by atoms with E-state index in [1.54, 1.807) is 0 Å². The summed E-state index contributed by atoms with van der Waals surface area (Å²) in [6.07, 6.45) is 2.73. The van der Waals surface area contributed by atoms with Gasteiger partial charge in [0.05, 0.1) is 19.3 Å². The lowest BCUT2D eigenvalue weighted by Crippen LogP contribution is -2.60. The van der Waals surface area contributed by atoms with Gasteiger partial charge in [0, 0.05) is 12.6 Å². The highest BCUT2D eigenvalue weighted by Crippen LogP contribution is 2.33. The molecule has 0 aromatic rings. The van der Waals surface area contributed by atoms with Crippen LogP contribution >= 0.6 is 0 Å². The third-order valence-electron chi connectivity index (χ3n) is 3.13. The van der Waals surface area contributed by atoms with Crippen LogP contribution in [0, 0.1) is 5.41 Å². The number of ether oxygens (including phenoxy) is 1. The van der Waals surface area contributed by atoms with Gasteiger partial charge in [-0.25, -0.2) is 0 Å². The molecule has 2 saturated heterocycles. The Morgan fingerprint density at radius 2 is 2.00 bits per heavy atom. The van der Waals surface area contributed by atoms with Crippen LogP contribution in [-0.4, -0.2) is 36.7 Å². The second-order valence-corrected chi connectivity index (χ2v) is 5.64. The van der Waals surface area contributed by atoms with Gasteiger partial charge < -0.3 is 4.74 Å². The lowest BCUT2D eigenvalue weighted by molar-refractivity contribution is -0.114. The standard InChI is InChI=1S/C11H21NO/c1-11(2,3)6-9-4-5-12(9)10-7-13-8-10/h9-10H,4-8H2,1-3H3. The summed E-state index contributed by atoms with van der Waals surface area (Å²) >= 11 is 0. The fourth-order valence-corrected chi connectivity index (χ4v) is 2.28. The molecule has 2 nitrogen and oxygen atoms in total. The molecule has 1 unspecified atom stereocenters. The van der Waals surface area contributed by atoms with Crippen LogP contribution < -0.4 is 0 Å². The fraction of sp³-hybridized carbons (Fsp3) is 1.00. The van der Waals surface area contributed by atoms with E-state index in [-0.39, 0.29) is 0 Å². The Morgan fingerprint density at radius 1 is 1.31 bits per heavy atom. The first-order valence-corrected chi connectivity index (χ1v) is 5.40. The summed E-state index contributed by atoms with van der Waals surface area (Å²) in [6, 6.07) is 1.59. The Balaban J connectivity index is 1.80. The Morgan fingerprint density at radius 3 is 2.31 bits per heavy atom. The minimum atomic E-state index is 0.480. The molecule has 2 fully saturated rings. The van der Waals surface area contributed by atoms with Crippen LogP contribution in [0.4, 0.5) is 0 Å². The smallest absolute Gasteiger partial charge is 0.0645 e. The van der Waals surface area contributed by atoms with E-state index in [9.17, 15) is 0 Å². The van der Waals surface area contributed by atoms with E-state index < -0.39 is 0 Å². The molecule has 0 aromatic carbocycles. The van der Waals surface area contributed by atoms with Crippen LogP contribution in [0.2, 0.25) is 0 Å². The zero-order valence-electron chi connectivity index (χ0n) is 9.05. The van der Waals surface area contributed by atoms with Crippen LogP contribution in [0.15, 0.2) is 0 Å². The topological polar surface area (TPSA) is 12.5 Å². The van der Waals surface area contributed by atoms with Crippen molar-refractivity contribution in [2.24, 2.45) is 5.41 Å². The number of likely N-dealkylation sites (tertiary alicyclic amines) is 1. The van der Waals surface area contributed by atoms with Gasteiger partial charge in [0.15, 0.2) is 0 Å². The van der Waals surface area contributed by atoms with Crippen molar-refractivity contribution in [3.8, 4) is 0 Å². The largest absolute Gasteiger partial charge is 0.378 e. The molecule has 13 heavy (non-hydrogen) atoms. The van der Waals surface area contributed by atoms with E-state index in [0.717, 1.165) is 25.3 Å². The lowest BCUT2D eigenvalue weighted by atomic mass is 9.82. The second-order valence-electron chi connectivity index (χ2n) is 5.64. The fourth-order valence-electron chi connectivity index (χ4n) is 2.28. The van der Waals surface area contributed by atoms with Crippen molar-refractivity contribution in [1.29, 1.82) is 0 Å². The molecular formula is C11H21NO. The third kappa shape index (κ3) is 2.05. The maximum atomic E-state index is 5.23. The Labute approximate surface area is 81.3 Å². The number of nitrogens with zero attached hydrogens (tertiary/aromatic N) is 1. The average Bonchev–Trinajstić information content (AvgIpc) is 1.88. The van der Waals surface area contributed by atoms with Crippen molar-refractivity contribution in [1.82, 2.24) is 4.90 Å². The minimum Gasteiger partial charge on any atom is -0.378 e. The summed E-state index contributed by atoms with van der Waals surface area (Å²) in [5.74, 6) is 0. The molecule has 1 atom stereocenters. The normalized spacial score (nSPS) is 31.2. The third-order valence-corrected chi connectivity index (χ3v) is 3.13. The van der Waals surface area contributed by atoms with Gasteiger partial charge in [-0.1, -0.05) is 20.8 Å². The molecular weight excluding hydrogens is 162 g/mol. The highest BCUT2D eigenvalue weighted by Gasteiger charge is 2.38. The van der Waals surface area contributed by atoms with Crippen LogP contribution in [0.1, 0.15) is 33.6 Å². The number of hydrogen-bond acceptors (Lipinski definition) is 2. The Hall–Kier alpha value is -0.0800. The zero-order valence-corrected chi connectivity index (χ0v) is 9.05. The summed E-state index contributed by atoms with van der Waals surface area (Å²) in [5.41, 5.74) is 0.480. The first kappa shape index (κ1) is 9.47. The Bertz CT molecular complexity index is 181. The second kappa shape index (κ2) is 3.25. The molecule has 2 rings (SSSR count). The molecule has 0 radical (unpaired) electrons. The average molecular weight is 183 g/mol. The lowest BCUT2D eigenvalue weighted by Gasteiger charge is -2.50. The van der Waals surface area contributed by atoms with Crippen molar-refractivity contribution in [3.63, 3.8) is 0 Å². The SMILES string of the molecule is CC(C)(C)CC1CCN1C1COC1. The van der Waals surface area contributed by atoms with Gasteiger partial charge in [0.2, 0.25) is 0 Å². The van der Waals surface area contributed by atoms with Crippen LogP contribution in [-0.2, 0) is 4.74 Å². The molecule has 0 spiro atoms.